The molecule has 3 aromatic rings. The SMILES string of the molecule is COc1ccc(Br)cc1C1(NCc2cc3ccc(Cl)cc3n(C)c2=O)CC1. The minimum absolute atomic E-state index is 0.00530. The molecule has 1 heterocycles. The average molecular weight is 448 g/mol. The number of hydrogen-bond acceptors (Lipinski definition) is 3. The molecule has 2 aromatic carbocycles. The molecule has 4 nitrogen and oxygen atoms in total. The van der Waals surface area contributed by atoms with E-state index in [4.69, 9.17) is 16.3 Å². The number of methoxy groups -OCH3 is 1. The van der Waals surface area contributed by atoms with Crippen molar-refractivity contribution in [1.82, 2.24) is 9.88 Å². The summed E-state index contributed by atoms with van der Waals surface area (Å²) in [6, 6.07) is 13.6. The van der Waals surface area contributed by atoms with E-state index in [0.29, 0.717) is 11.6 Å². The van der Waals surface area contributed by atoms with Gasteiger partial charge in [0.15, 0.2) is 0 Å². The van der Waals surface area contributed by atoms with Crippen molar-refractivity contribution in [3.05, 3.63) is 73.4 Å². The van der Waals surface area contributed by atoms with E-state index < -0.39 is 0 Å². The molecular formula is C21H20BrClN2O2. The Kier molecular flexibility index (Phi) is 4.78. The molecule has 1 aliphatic rings. The van der Waals surface area contributed by atoms with Gasteiger partial charge in [-0.25, -0.2) is 0 Å². The highest BCUT2D eigenvalue weighted by Crippen LogP contribution is 2.49. The fraction of sp³-hybridized carbons (Fsp3) is 0.286. The van der Waals surface area contributed by atoms with Crippen molar-refractivity contribution >= 4 is 38.4 Å². The molecule has 1 saturated carbocycles. The summed E-state index contributed by atoms with van der Waals surface area (Å²) in [6.07, 6.45) is 2.03. The second-order valence-electron chi connectivity index (χ2n) is 7.02. The molecule has 4 rings (SSSR count). The van der Waals surface area contributed by atoms with Gasteiger partial charge in [0.05, 0.1) is 12.6 Å². The smallest absolute Gasteiger partial charge is 0.255 e. The number of hydrogen-bond donors (Lipinski definition) is 1. The van der Waals surface area contributed by atoms with Crippen molar-refractivity contribution in [1.29, 1.82) is 0 Å². The van der Waals surface area contributed by atoms with Crippen LogP contribution in [0.2, 0.25) is 5.02 Å². The molecule has 1 fully saturated rings. The first-order valence-electron chi connectivity index (χ1n) is 8.81. The second kappa shape index (κ2) is 6.97. The second-order valence-corrected chi connectivity index (χ2v) is 8.37. The first kappa shape index (κ1) is 18.5. The van der Waals surface area contributed by atoms with Crippen LogP contribution in [0.3, 0.4) is 0 Å². The molecule has 6 heteroatoms. The molecule has 27 heavy (non-hydrogen) atoms. The van der Waals surface area contributed by atoms with Gasteiger partial charge in [-0.15, -0.1) is 0 Å². The van der Waals surface area contributed by atoms with Gasteiger partial charge in [0.2, 0.25) is 0 Å². The largest absolute Gasteiger partial charge is 0.496 e. The number of fused-ring (bicyclic) bond motifs is 1. The van der Waals surface area contributed by atoms with Gasteiger partial charge in [0.1, 0.15) is 5.75 Å². The first-order valence-corrected chi connectivity index (χ1v) is 9.98. The number of aromatic nitrogens is 1. The standard InChI is InChI=1S/C21H20BrClN2O2/c1-25-18-11-16(23)5-3-13(18)9-14(20(25)26)12-24-21(7-8-21)17-10-15(22)4-6-19(17)27-2/h3-6,9-11,24H,7-8,12H2,1-2H3. The van der Waals surface area contributed by atoms with Crippen LogP contribution in [0.15, 0.2) is 51.7 Å². The van der Waals surface area contributed by atoms with Crippen molar-refractivity contribution in [2.75, 3.05) is 7.11 Å². The van der Waals surface area contributed by atoms with Crippen molar-refractivity contribution in [3.8, 4) is 5.75 Å². The number of aryl methyl sites for hydroxylation is 1. The summed E-state index contributed by atoms with van der Waals surface area (Å²) in [5, 5.41) is 5.24. The molecule has 1 aromatic heterocycles. The molecule has 0 saturated heterocycles. The lowest BCUT2D eigenvalue weighted by Gasteiger charge is -2.21. The van der Waals surface area contributed by atoms with Crippen LogP contribution in [0.5, 0.6) is 5.75 Å². The number of rotatable bonds is 5. The number of pyridine rings is 1. The highest BCUT2D eigenvalue weighted by Gasteiger charge is 2.46. The summed E-state index contributed by atoms with van der Waals surface area (Å²) in [5.41, 5.74) is 2.56. The van der Waals surface area contributed by atoms with E-state index in [2.05, 4.69) is 27.3 Å². The Morgan fingerprint density at radius 2 is 2.00 bits per heavy atom. The van der Waals surface area contributed by atoms with Gasteiger partial charge >= 0.3 is 0 Å². The summed E-state index contributed by atoms with van der Waals surface area (Å²) >= 11 is 9.63. The van der Waals surface area contributed by atoms with Gasteiger partial charge in [0.25, 0.3) is 5.56 Å². The maximum Gasteiger partial charge on any atom is 0.255 e. The molecular weight excluding hydrogens is 428 g/mol. The minimum Gasteiger partial charge on any atom is -0.496 e. The van der Waals surface area contributed by atoms with E-state index >= 15 is 0 Å². The van der Waals surface area contributed by atoms with Gasteiger partial charge in [-0.3, -0.25) is 4.79 Å². The molecule has 0 spiro atoms. The predicted molar refractivity (Wildman–Crippen MR) is 113 cm³/mol. The van der Waals surface area contributed by atoms with E-state index in [1.54, 1.807) is 18.7 Å². The van der Waals surface area contributed by atoms with Crippen LogP contribution < -0.4 is 15.6 Å². The third kappa shape index (κ3) is 3.40. The van der Waals surface area contributed by atoms with Crippen LogP contribution in [0.25, 0.3) is 10.9 Å². The third-order valence-corrected chi connectivity index (χ3v) is 6.04. The average Bonchev–Trinajstić information content (AvgIpc) is 3.45. The number of nitrogens with zero attached hydrogens (tertiary/aromatic N) is 1. The Bertz CT molecular complexity index is 1090. The predicted octanol–water partition coefficient (Wildman–Crippen LogP) is 4.74. The molecule has 140 valence electrons. The zero-order valence-electron chi connectivity index (χ0n) is 15.2. The molecule has 1 aliphatic carbocycles. The maximum absolute atomic E-state index is 12.8. The van der Waals surface area contributed by atoms with Crippen molar-refractivity contribution in [3.63, 3.8) is 0 Å². The van der Waals surface area contributed by atoms with E-state index in [9.17, 15) is 4.79 Å². The first-order chi connectivity index (χ1) is 12.9. The molecule has 0 atom stereocenters. The summed E-state index contributed by atoms with van der Waals surface area (Å²) in [7, 11) is 3.47. The topological polar surface area (TPSA) is 43.3 Å². The van der Waals surface area contributed by atoms with E-state index in [0.717, 1.165) is 45.1 Å². The normalized spacial score (nSPS) is 15.1. The quantitative estimate of drug-likeness (QED) is 0.614. The van der Waals surface area contributed by atoms with Gasteiger partial charge in [-0.05, 0) is 54.6 Å². The minimum atomic E-state index is -0.144. The fourth-order valence-electron chi connectivity index (χ4n) is 3.62. The lowest BCUT2D eigenvalue weighted by molar-refractivity contribution is 0.394. The van der Waals surface area contributed by atoms with Gasteiger partial charge in [0, 0.05) is 39.8 Å². The molecule has 0 amide bonds. The van der Waals surface area contributed by atoms with Crippen LogP contribution in [-0.2, 0) is 19.1 Å². The lowest BCUT2D eigenvalue weighted by Crippen LogP contribution is -2.32. The van der Waals surface area contributed by atoms with E-state index in [1.807, 2.05) is 36.4 Å². The molecule has 0 radical (unpaired) electrons. The van der Waals surface area contributed by atoms with E-state index in [-0.39, 0.29) is 11.1 Å². The van der Waals surface area contributed by atoms with Gasteiger partial charge < -0.3 is 14.6 Å². The van der Waals surface area contributed by atoms with Crippen molar-refractivity contribution < 1.29 is 4.74 Å². The number of halogens is 2. The van der Waals surface area contributed by atoms with Crippen molar-refractivity contribution in [2.24, 2.45) is 7.05 Å². The van der Waals surface area contributed by atoms with Gasteiger partial charge in [-0.1, -0.05) is 33.6 Å². The zero-order valence-corrected chi connectivity index (χ0v) is 17.5. The molecule has 0 unspecified atom stereocenters. The Balaban J connectivity index is 1.66. The van der Waals surface area contributed by atoms with Crippen LogP contribution in [0, 0.1) is 0 Å². The van der Waals surface area contributed by atoms with Crippen molar-refractivity contribution in [2.45, 2.75) is 24.9 Å². The number of benzene rings is 2. The summed E-state index contributed by atoms with van der Waals surface area (Å²) in [4.78, 5) is 12.8. The summed E-state index contributed by atoms with van der Waals surface area (Å²) in [5.74, 6) is 0.865. The Morgan fingerprint density at radius 3 is 2.70 bits per heavy atom. The van der Waals surface area contributed by atoms with E-state index in [1.165, 1.54) is 0 Å². The molecule has 0 bridgehead atoms. The van der Waals surface area contributed by atoms with Gasteiger partial charge in [-0.2, -0.15) is 0 Å². The number of nitrogens with one attached hydrogen (secondary N) is 1. The maximum atomic E-state index is 12.8. The Hall–Kier alpha value is -1.82. The fourth-order valence-corrected chi connectivity index (χ4v) is 4.14. The van der Waals surface area contributed by atoms with Crippen LogP contribution >= 0.6 is 27.5 Å². The Labute approximate surface area is 171 Å². The molecule has 1 N–H and O–H groups in total. The highest BCUT2D eigenvalue weighted by molar-refractivity contribution is 9.10. The highest BCUT2D eigenvalue weighted by atomic mass is 79.9. The lowest BCUT2D eigenvalue weighted by atomic mass is 10.0. The van der Waals surface area contributed by atoms with Crippen LogP contribution in [0.4, 0.5) is 0 Å². The Morgan fingerprint density at radius 1 is 1.22 bits per heavy atom. The monoisotopic (exact) mass is 446 g/mol. The number of ether oxygens (including phenoxy) is 1. The van der Waals surface area contributed by atoms with Crippen LogP contribution in [-0.4, -0.2) is 11.7 Å². The summed E-state index contributed by atoms with van der Waals surface area (Å²) in [6.45, 7) is 0.501. The van der Waals surface area contributed by atoms with Crippen LogP contribution in [0.1, 0.15) is 24.0 Å². The molecule has 0 aliphatic heterocycles. The summed E-state index contributed by atoms with van der Waals surface area (Å²) < 4.78 is 8.23. The zero-order chi connectivity index (χ0) is 19.2. The third-order valence-electron chi connectivity index (χ3n) is 5.31.